The van der Waals surface area contributed by atoms with E-state index in [0.29, 0.717) is 16.4 Å². The average Bonchev–Trinajstić information content (AvgIpc) is 3.17. The second kappa shape index (κ2) is 9.10. The Kier molecular flexibility index (Phi) is 6.42. The maximum atomic E-state index is 12.2. The van der Waals surface area contributed by atoms with Crippen molar-refractivity contribution in [3.8, 4) is 5.69 Å². The number of nitrogens with zero attached hydrogens (tertiary/aromatic N) is 4. The van der Waals surface area contributed by atoms with Crippen molar-refractivity contribution in [3.63, 3.8) is 0 Å². The Labute approximate surface area is 196 Å². The molecule has 1 unspecified atom stereocenters. The van der Waals surface area contributed by atoms with Crippen LogP contribution in [0.15, 0.2) is 56.8 Å². The van der Waals surface area contributed by atoms with Gasteiger partial charge in [0, 0.05) is 27.9 Å². The third kappa shape index (κ3) is 4.46. The molecule has 8 heteroatoms. The van der Waals surface area contributed by atoms with Gasteiger partial charge in [-0.25, -0.2) is 4.79 Å². The van der Waals surface area contributed by atoms with Crippen LogP contribution in [0, 0.1) is 13.8 Å². The molecule has 1 atom stereocenters. The van der Waals surface area contributed by atoms with Gasteiger partial charge >= 0.3 is 5.63 Å². The Morgan fingerprint density at radius 2 is 1.78 bits per heavy atom. The van der Waals surface area contributed by atoms with Crippen LogP contribution >= 0.6 is 23.4 Å². The highest BCUT2D eigenvalue weighted by Gasteiger charge is 2.21. The van der Waals surface area contributed by atoms with E-state index >= 15 is 0 Å². The lowest BCUT2D eigenvalue weighted by Gasteiger charge is -2.20. The molecule has 0 saturated heterocycles. The van der Waals surface area contributed by atoms with Crippen LogP contribution in [0.1, 0.15) is 35.5 Å². The molecule has 0 bridgehead atoms. The van der Waals surface area contributed by atoms with E-state index in [1.54, 1.807) is 17.8 Å². The van der Waals surface area contributed by atoms with Gasteiger partial charge in [0.15, 0.2) is 11.0 Å². The predicted molar refractivity (Wildman–Crippen MR) is 130 cm³/mol. The van der Waals surface area contributed by atoms with Gasteiger partial charge in [-0.05, 0) is 88.0 Å². The number of hydrogen-bond donors (Lipinski definition) is 0. The van der Waals surface area contributed by atoms with Crippen molar-refractivity contribution in [1.29, 1.82) is 0 Å². The van der Waals surface area contributed by atoms with E-state index in [0.717, 1.165) is 38.7 Å². The SMILES string of the molecule is Cc1cc2oc(=O)cc(CSc3nnc(C(C)N(C)C)n3-c3ccc(Cl)cc3)c2cc1C. The van der Waals surface area contributed by atoms with Crippen molar-refractivity contribution in [2.45, 2.75) is 37.7 Å². The van der Waals surface area contributed by atoms with E-state index in [4.69, 9.17) is 16.0 Å². The van der Waals surface area contributed by atoms with Gasteiger partial charge in [0.05, 0.1) is 6.04 Å². The quantitative estimate of drug-likeness (QED) is 0.272. The molecule has 2 heterocycles. The van der Waals surface area contributed by atoms with E-state index in [9.17, 15) is 4.79 Å². The number of fused-ring (bicyclic) bond motifs is 1. The van der Waals surface area contributed by atoms with Crippen LogP contribution in [-0.4, -0.2) is 33.8 Å². The fraction of sp³-hybridized carbons (Fsp3) is 0.292. The Morgan fingerprint density at radius 1 is 1.09 bits per heavy atom. The molecule has 0 aliphatic carbocycles. The summed E-state index contributed by atoms with van der Waals surface area (Å²) in [5.74, 6) is 1.40. The summed E-state index contributed by atoms with van der Waals surface area (Å²) in [6.07, 6.45) is 0. The molecule has 6 nitrogen and oxygen atoms in total. The van der Waals surface area contributed by atoms with Crippen molar-refractivity contribution in [2.24, 2.45) is 0 Å². The fourth-order valence-electron chi connectivity index (χ4n) is 3.45. The Balaban J connectivity index is 1.75. The Morgan fingerprint density at radius 3 is 2.47 bits per heavy atom. The van der Waals surface area contributed by atoms with Gasteiger partial charge in [0.1, 0.15) is 5.58 Å². The Hall–Kier alpha value is -2.61. The van der Waals surface area contributed by atoms with Crippen LogP contribution in [0.2, 0.25) is 5.02 Å². The number of aryl methyl sites for hydroxylation is 2. The number of benzene rings is 2. The van der Waals surface area contributed by atoms with Gasteiger partial charge in [-0.3, -0.25) is 9.47 Å². The van der Waals surface area contributed by atoms with Crippen LogP contribution in [-0.2, 0) is 5.75 Å². The van der Waals surface area contributed by atoms with E-state index in [2.05, 4.69) is 39.6 Å². The standard InChI is InChI=1S/C24H25ClN4O2S/c1-14-10-20-17(12-22(30)31-21(20)11-15(14)2)13-32-24-27-26-23(16(3)28(4)5)29(24)19-8-6-18(25)7-9-19/h6-12,16H,13H2,1-5H3. The van der Waals surface area contributed by atoms with Crippen molar-refractivity contribution < 1.29 is 4.42 Å². The van der Waals surface area contributed by atoms with Crippen LogP contribution < -0.4 is 5.63 Å². The highest BCUT2D eigenvalue weighted by molar-refractivity contribution is 7.98. The lowest BCUT2D eigenvalue weighted by atomic mass is 10.0. The Bertz CT molecular complexity index is 1330. The molecule has 4 rings (SSSR count). The van der Waals surface area contributed by atoms with Crippen LogP contribution in [0.5, 0.6) is 0 Å². The summed E-state index contributed by atoms with van der Waals surface area (Å²) < 4.78 is 7.49. The zero-order valence-electron chi connectivity index (χ0n) is 18.7. The number of halogens is 1. The predicted octanol–water partition coefficient (Wildman–Crippen LogP) is 5.56. The molecular weight excluding hydrogens is 444 g/mol. The van der Waals surface area contributed by atoms with Gasteiger partial charge in [-0.2, -0.15) is 0 Å². The van der Waals surface area contributed by atoms with E-state index in [-0.39, 0.29) is 11.7 Å². The van der Waals surface area contributed by atoms with Gasteiger partial charge in [0.2, 0.25) is 0 Å². The van der Waals surface area contributed by atoms with Gasteiger partial charge in [-0.15, -0.1) is 10.2 Å². The van der Waals surface area contributed by atoms with E-state index in [1.807, 2.05) is 51.4 Å². The lowest BCUT2D eigenvalue weighted by Crippen LogP contribution is -2.20. The van der Waals surface area contributed by atoms with Crippen LogP contribution in [0.4, 0.5) is 0 Å². The molecule has 4 aromatic rings. The van der Waals surface area contributed by atoms with E-state index in [1.165, 1.54) is 0 Å². The first kappa shape index (κ1) is 22.6. The number of thioether (sulfide) groups is 1. The summed E-state index contributed by atoms with van der Waals surface area (Å²) in [5, 5.41) is 11.3. The monoisotopic (exact) mass is 468 g/mol. The van der Waals surface area contributed by atoms with Crippen LogP contribution in [0.3, 0.4) is 0 Å². The molecule has 0 fully saturated rings. The highest BCUT2D eigenvalue weighted by atomic mass is 35.5. The minimum atomic E-state index is -0.350. The third-order valence-electron chi connectivity index (χ3n) is 5.69. The van der Waals surface area contributed by atoms with E-state index < -0.39 is 0 Å². The fourth-order valence-corrected chi connectivity index (χ4v) is 4.53. The molecular formula is C24H25ClN4O2S. The minimum absolute atomic E-state index is 0.0581. The molecule has 32 heavy (non-hydrogen) atoms. The molecule has 0 saturated carbocycles. The van der Waals surface area contributed by atoms with Crippen molar-refractivity contribution in [1.82, 2.24) is 19.7 Å². The first-order valence-corrected chi connectivity index (χ1v) is 11.7. The lowest BCUT2D eigenvalue weighted by molar-refractivity contribution is 0.305. The molecule has 0 aliphatic rings. The minimum Gasteiger partial charge on any atom is -0.423 e. The second-order valence-corrected chi connectivity index (χ2v) is 9.48. The smallest absolute Gasteiger partial charge is 0.336 e. The molecule has 0 radical (unpaired) electrons. The van der Waals surface area contributed by atoms with Gasteiger partial charge in [0.25, 0.3) is 0 Å². The number of hydrogen-bond acceptors (Lipinski definition) is 6. The normalized spacial score (nSPS) is 12.6. The second-order valence-electron chi connectivity index (χ2n) is 8.10. The summed E-state index contributed by atoms with van der Waals surface area (Å²) in [6.45, 7) is 6.16. The molecule has 0 spiro atoms. The molecule has 2 aromatic heterocycles. The first-order valence-electron chi connectivity index (χ1n) is 10.3. The topological polar surface area (TPSA) is 64.2 Å². The zero-order valence-corrected chi connectivity index (χ0v) is 20.3. The average molecular weight is 469 g/mol. The largest absolute Gasteiger partial charge is 0.423 e. The summed E-state index contributed by atoms with van der Waals surface area (Å²) in [5.41, 5.74) is 4.36. The van der Waals surface area contributed by atoms with Gasteiger partial charge in [-0.1, -0.05) is 23.4 Å². The summed E-state index contributed by atoms with van der Waals surface area (Å²) in [6, 6.07) is 13.3. The summed E-state index contributed by atoms with van der Waals surface area (Å²) >= 11 is 7.65. The van der Waals surface area contributed by atoms with Crippen LogP contribution in [0.25, 0.3) is 16.7 Å². The maximum absolute atomic E-state index is 12.2. The highest BCUT2D eigenvalue weighted by Crippen LogP contribution is 2.31. The first-order chi connectivity index (χ1) is 15.2. The van der Waals surface area contributed by atoms with Crippen molar-refractivity contribution >= 4 is 34.3 Å². The third-order valence-corrected chi connectivity index (χ3v) is 6.92. The maximum Gasteiger partial charge on any atom is 0.336 e. The van der Waals surface area contributed by atoms with Gasteiger partial charge < -0.3 is 4.42 Å². The molecule has 0 amide bonds. The van der Waals surface area contributed by atoms with Crippen molar-refractivity contribution in [3.05, 3.63) is 80.4 Å². The number of rotatable bonds is 6. The molecule has 166 valence electrons. The summed E-state index contributed by atoms with van der Waals surface area (Å²) in [7, 11) is 4.02. The van der Waals surface area contributed by atoms with Crippen molar-refractivity contribution in [2.75, 3.05) is 14.1 Å². The molecule has 2 aromatic carbocycles. The zero-order chi connectivity index (χ0) is 23.0. The molecule has 0 N–H and O–H groups in total. The molecule has 0 aliphatic heterocycles. The number of aromatic nitrogens is 3. The summed E-state index contributed by atoms with van der Waals surface area (Å²) in [4.78, 5) is 14.3.